The standard InChI is InChI=1S/C17H13Cl2N3O3S/c1-10(15(23)20-13-9-5-8-12(18)14(13)19)26-16-17(24)25-21-22(16)11-6-3-2-4-7-11/h2-10H,1H3,(H-,20,21,23,24). The van der Waals surface area contributed by atoms with E-state index >= 15 is 0 Å². The molecule has 0 spiro atoms. The minimum Gasteiger partial charge on any atom is -0.538 e. The predicted octanol–water partition coefficient (Wildman–Crippen LogP) is 3.45. The third-order valence-electron chi connectivity index (χ3n) is 3.44. The van der Waals surface area contributed by atoms with Gasteiger partial charge in [0.1, 0.15) is 0 Å². The van der Waals surface area contributed by atoms with Crippen molar-refractivity contribution in [3.63, 3.8) is 0 Å². The monoisotopic (exact) mass is 409 g/mol. The Morgan fingerprint density at radius 1 is 1.23 bits per heavy atom. The van der Waals surface area contributed by atoms with Crippen molar-refractivity contribution in [2.75, 3.05) is 5.32 Å². The van der Waals surface area contributed by atoms with Gasteiger partial charge < -0.3 is 14.9 Å². The third-order valence-corrected chi connectivity index (χ3v) is 5.39. The number of anilines is 1. The number of amides is 1. The van der Waals surface area contributed by atoms with Gasteiger partial charge in [-0.15, -0.1) is 0 Å². The van der Waals surface area contributed by atoms with E-state index in [1.54, 1.807) is 37.3 Å². The van der Waals surface area contributed by atoms with Crippen LogP contribution in [0.4, 0.5) is 5.69 Å². The van der Waals surface area contributed by atoms with Crippen LogP contribution in [0.1, 0.15) is 6.92 Å². The molecule has 134 valence electrons. The first-order chi connectivity index (χ1) is 12.5. The number of thioether (sulfide) groups is 1. The summed E-state index contributed by atoms with van der Waals surface area (Å²) < 4.78 is 6.11. The molecule has 6 nitrogen and oxygen atoms in total. The van der Waals surface area contributed by atoms with Crippen LogP contribution in [-0.2, 0) is 4.79 Å². The Labute approximate surface area is 163 Å². The average Bonchev–Trinajstić information content (AvgIpc) is 3.00. The van der Waals surface area contributed by atoms with Crippen molar-refractivity contribution >= 4 is 46.6 Å². The Bertz CT molecular complexity index is 934. The van der Waals surface area contributed by atoms with E-state index in [0.29, 0.717) is 16.4 Å². The van der Waals surface area contributed by atoms with Crippen molar-refractivity contribution in [3.05, 3.63) is 58.6 Å². The normalized spacial score (nSPS) is 12.0. The molecule has 1 atom stereocenters. The van der Waals surface area contributed by atoms with E-state index in [2.05, 4.69) is 10.6 Å². The van der Waals surface area contributed by atoms with Gasteiger partial charge in [0.2, 0.25) is 11.6 Å². The summed E-state index contributed by atoms with van der Waals surface area (Å²) in [5.41, 5.74) is 1.06. The zero-order valence-corrected chi connectivity index (χ0v) is 15.8. The van der Waals surface area contributed by atoms with E-state index in [-0.39, 0.29) is 16.0 Å². The van der Waals surface area contributed by atoms with Crippen molar-refractivity contribution in [3.8, 4) is 11.6 Å². The van der Waals surface area contributed by atoms with E-state index < -0.39 is 11.2 Å². The molecule has 1 heterocycles. The van der Waals surface area contributed by atoms with Crippen LogP contribution in [0.25, 0.3) is 5.69 Å². The summed E-state index contributed by atoms with van der Waals surface area (Å²) >= 11 is 13.1. The molecular weight excluding hydrogens is 397 g/mol. The zero-order valence-electron chi connectivity index (χ0n) is 13.5. The molecule has 9 heteroatoms. The van der Waals surface area contributed by atoms with Crippen molar-refractivity contribution in [1.82, 2.24) is 5.27 Å². The van der Waals surface area contributed by atoms with Gasteiger partial charge in [-0.05, 0) is 35.5 Å². The summed E-state index contributed by atoms with van der Waals surface area (Å²) in [7, 11) is 0. The van der Waals surface area contributed by atoms with Crippen LogP contribution >= 0.6 is 35.0 Å². The Morgan fingerprint density at radius 3 is 2.69 bits per heavy atom. The second kappa shape index (κ2) is 7.99. The summed E-state index contributed by atoms with van der Waals surface area (Å²) in [6, 6.07) is 14.0. The lowest BCUT2D eigenvalue weighted by Gasteiger charge is -2.12. The fourth-order valence-corrected chi connectivity index (χ4v) is 3.35. The number of hydrogen-bond acceptors (Lipinski definition) is 5. The number of benzene rings is 2. The molecule has 2 aromatic carbocycles. The van der Waals surface area contributed by atoms with Gasteiger partial charge in [0.25, 0.3) is 5.03 Å². The molecule has 0 aliphatic heterocycles. The molecule has 0 fully saturated rings. The number of hydrogen-bond donors (Lipinski definition) is 1. The first-order valence-corrected chi connectivity index (χ1v) is 9.17. The van der Waals surface area contributed by atoms with Crippen molar-refractivity contribution in [2.24, 2.45) is 0 Å². The molecule has 3 aromatic rings. The number of carbonyl (C=O) groups is 1. The number of halogens is 2. The third kappa shape index (κ3) is 3.95. The van der Waals surface area contributed by atoms with E-state index in [1.807, 2.05) is 18.2 Å². The molecule has 1 amide bonds. The predicted molar refractivity (Wildman–Crippen MR) is 97.9 cm³/mol. The second-order valence-electron chi connectivity index (χ2n) is 5.26. The average molecular weight is 410 g/mol. The van der Waals surface area contributed by atoms with Crippen molar-refractivity contribution in [2.45, 2.75) is 17.2 Å². The van der Waals surface area contributed by atoms with Crippen LogP contribution in [0, 0.1) is 0 Å². The van der Waals surface area contributed by atoms with Crippen LogP contribution in [0.2, 0.25) is 10.0 Å². The number of nitrogens with zero attached hydrogens (tertiary/aromatic N) is 2. The van der Waals surface area contributed by atoms with Gasteiger partial charge >= 0.3 is 0 Å². The fourth-order valence-electron chi connectivity index (χ4n) is 2.13. The Kier molecular flexibility index (Phi) is 5.70. The van der Waals surface area contributed by atoms with Gasteiger partial charge in [0, 0.05) is 12.1 Å². The lowest BCUT2D eigenvalue weighted by Crippen LogP contribution is -2.36. The first kappa shape index (κ1) is 18.6. The Hall–Kier alpha value is -2.22. The SMILES string of the molecule is CC(Sc1c([O-])on[n+]1-c1ccccc1)C(=O)Nc1cccc(Cl)c1Cl. The van der Waals surface area contributed by atoms with Gasteiger partial charge in [-0.1, -0.05) is 47.5 Å². The molecule has 0 radical (unpaired) electrons. The summed E-state index contributed by atoms with van der Waals surface area (Å²) in [6.07, 6.45) is 0. The van der Waals surface area contributed by atoms with Crippen LogP contribution in [-0.4, -0.2) is 16.4 Å². The van der Waals surface area contributed by atoms with Gasteiger partial charge in [-0.3, -0.25) is 4.79 Å². The number of para-hydroxylation sites is 1. The second-order valence-corrected chi connectivity index (χ2v) is 7.38. The summed E-state index contributed by atoms with van der Waals surface area (Å²) in [4.78, 5) is 12.5. The molecule has 0 bridgehead atoms. The molecule has 0 saturated heterocycles. The maximum absolute atomic E-state index is 12.5. The summed E-state index contributed by atoms with van der Waals surface area (Å²) in [5.74, 6) is -0.946. The molecular formula is C17H13Cl2N3O3S. The highest BCUT2D eigenvalue weighted by atomic mass is 35.5. The van der Waals surface area contributed by atoms with Crippen LogP contribution in [0.15, 0.2) is 58.1 Å². The van der Waals surface area contributed by atoms with Crippen molar-refractivity contribution in [1.29, 1.82) is 0 Å². The van der Waals surface area contributed by atoms with Crippen LogP contribution in [0.3, 0.4) is 0 Å². The largest absolute Gasteiger partial charge is 0.538 e. The first-order valence-electron chi connectivity index (χ1n) is 7.53. The molecule has 0 saturated carbocycles. The number of aromatic nitrogens is 2. The van der Waals surface area contributed by atoms with Gasteiger partial charge in [-0.25, -0.2) is 0 Å². The van der Waals surface area contributed by atoms with Gasteiger partial charge in [0.15, 0.2) is 5.95 Å². The Morgan fingerprint density at radius 2 is 1.96 bits per heavy atom. The number of rotatable bonds is 5. The molecule has 0 aliphatic rings. The minimum atomic E-state index is -0.612. The van der Waals surface area contributed by atoms with Gasteiger partial charge in [0.05, 0.1) is 26.3 Å². The lowest BCUT2D eigenvalue weighted by atomic mass is 10.3. The summed E-state index contributed by atoms with van der Waals surface area (Å²) in [6.45, 7) is 1.67. The Balaban J connectivity index is 1.78. The molecule has 1 unspecified atom stereocenters. The zero-order chi connectivity index (χ0) is 18.7. The van der Waals surface area contributed by atoms with Crippen LogP contribution < -0.4 is 15.1 Å². The highest BCUT2D eigenvalue weighted by Crippen LogP contribution is 2.31. The number of carbonyl (C=O) groups excluding carboxylic acids is 1. The lowest BCUT2D eigenvalue weighted by molar-refractivity contribution is -0.705. The highest BCUT2D eigenvalue weighted by molar-refractivity contribution is 8.00. The maximum atomic E-state index is 12.5. The minimum absolute atomic E-state index is 0.205. The quantitative estimate of drug-likeness (QED) is 0.515. The van der Waals surface area contributed by atoms with E-state index in [9.17, 15) is 9.90 Å². The molecule has 1 N–H and O–H groups in total. The maximum Gasteiger partial charge on any atom is 0.298 e. The van der Waals surface area contributed by atoms with E-state index in [4.69, 9.17) is 27.7 Å². The fraction of sp³-hybridized carbons (Fsp3) is 0.118. The molecule has 3 rings (SSSR count). The molecule has 26 heavy (non-hydrogen) atoms. The highest BCUT2D eigenvalue weighted by Gasteiger charge is 2.26. The van der Waals surface area contributed by atoms with Gasteiger partial charge in [-0.2, -0.15) is 0 Å². The molecule has 1 aromatic heterocycles. The van der Waals surface area contributed by atoms with Crippen molar-refractivity contribution < 1.29 is 19.1 Å². The molecule has 0 aliphatic carbocycles. The van der Waals surface area contributed by atoms with Crippen LogP contribution in [0.5, 0.6) is 5.95 Å². The van der Waals surface area contributed by atoms with E-state index in [1.165, 1.54) is 4.68 Å². The topological polar surface area (TPSA) is 82.1 Å². The van der Waals surface area contributed by atoms with E-state index in [0.717, 1.165) is 11.8 Å². The smallest absolute Gasteiger partial charge is 0.298 e. The number of nitrogens with one attached hydrogen (secondary N) is 1. The summed E-state index contributed by atoms with van der Waals surface area (Å²) in [5, 5.41) is 18.6.